The van der Waals surface area contributed by atoms with Crippen molar-refractivity contribution in [3.05, 3.63) is 23.8 Å². The minimum atomic E-state index is 0.201. The van der Waals surface area contributed by atoms with Crippen LogP contribution >= 0.6 is 0 Å². The highest BCUT2D eigenvalue weighted by atomic mass is 16.5. The molecule has 0 aromatic heterocycles. The normalized spacial score (nSPS) is 12.4. The number of methoxy groups -OCH3 is 2. The second-order valence-corrected chi connectivity index (χ2v) is 3.74. The van der Waals surface area contributed by atoms with Gasteiger partial charge in [0.1, 0.15) is 5.75 Å². The molecule has 1 aromatic carbocycles. The molecule has 0 saturated carbocycles. The number of nitrogens with one attached hydrogen (secondary N) is 1. The maximum atomic E-state index is 5.87. The Bertz CT molecular complexity index is 329. The van der Waals surface area contributed by atoms with Gasteiger partial charge in [-0.1, -0.05) is 0 Å². The van der Waals surface area contributed by atoms with Gasteiger partial charge in [-0.25, -0.2) is 0 Å². The Morgan fingerprint density at radius 2 is 2.12 bits per heavy atom. The largest absolute Gasteiger partial charge is 0.497 e. The number of ether oxygens (including phenoxy) is 2. The zero-order valence-electron chi connectivity index (χ0n) is 10.1. The van der Waals surface area contributed by atoms with E-state index in [0.29, 0.717) is 0 Å². The third-order valence-electron chi connectivity index (χ3n) is 2.50. The van der Waals surface area contributed by atoms with E-state index in [1.165, 1.54) is 0 Å². The van der Waals surface area contributed by atoms with Crippen molar-refractivity contribution in [3.8, 4) is 5.75 Å². The average Bonchev–Trinajstić information content (AvgIpc) is 2.31. The van der Waals surface area contributed by atoms with Gasteiger partial charge in [0.25, 0.3) is 0 Å². The molecule has 4 heteroatoms. The smallest absolute Gasteiger partial charge is 0.119 e. The summed E-state index contributed by atoms with van der Waals surface area (Å²) in [5, 5.41) is 3.28. The number of benzene rings is 1. The molecule has 4 nitrogen and oxygen atoms in total. The number of hydrogen-bond donors (Lipinski definition) is 2. The first-order valence-electron chi connectivity index (χ1n) is 5.33. The van der Waals surface area contributed by atoms with Gasteiger partial charge in [-0.2, -0.15) is 0 Å². The number of nitrogen functional groups attached to an aromatic ring is 1. The molecule has 0 spiro atoms. The highest BCUT2D eigenvalue weighted by molar-refractivity contribution is 5.50. The van der Waals surface area contributed by atoms with Crippen LogP contribution in [-0.2, 0) is 11.3 Å². The Morgan fingerprint density at radius 3 is 2.75 bits per heavy atom. The summed E-state index contributed by atoms with van der Waals surface area (Å²) < 4.78 is 10.3. The Balaban J connectivity index is 2.52. The molecule has 0 amide bonds. The zero-order chi connectivity index (χ0) is 12.0. The van der Waals surface area contributed by atoms with E-state index in [-0.39, 0.29) is 6.10 Å². The number of nitrogens with two attached hydrogens (primary N) is 1. The van der Waals surface area contributed by atoms with E-state index in [4.69, 9.17) is 15.2 Å². The van der Waals surface area contributed by atoms with Crippen molar-refractivity contribution < 1.29 is 9.47 Å². The molecule has 3 N–H and O–H groups in total. The highest BCUT2D eigenvalue weighted by Crippen LogP contribution is 2.19. The van der Waals surface area contributed by atoms with Crippen LogP contribution < -0.4 is 15.8 Å². The summed E-state index contributed by atoms with van der Waals surface area (Å²) in [6.07, 6.45) is 0.201. The predicted molar refractivity (Wildman–Crippen MR) is 65.6 cm³/mol. The van der Waals surface area contributed by atoms with Gasteiger partial charge in [0, 0.05) is 25.9 Å². The molecule has 1 rings (SSSR count). The van der Waals surface area contributed by atoms with E-state index >= 15 is 0 Å². The first kappa shape index (κ1) is 12.8. The van der Waals surface area contributed by atoms with Crippen LogP contribution in [0.2, 0.25) is 0 Å². The lowest BCUT2D eigenvalue weighted by Gasteiger charge is -2.12. The zero-order valence-corrected chi connectivity index (χ0v) is 10.1. The summed E-state index contributed by atoms with van der Waals surface area (Å²) in [7, 11) is 3.35. The Labute approximate surface area is 96.7 Å². The fourth-order valence-electron chi connectivity index (χ4n) is 1.36. The van der Waals surface area contributed by atoms with Crippen molar-refractivity contribution in [2.75, 3.05) is 26.5 Å². The van der Waals surface area contributed by atoms with Gasteiger partial charge in [0.2, 0.25) is 0 Å². The van der Waals surface area contributed by atoms with E-state index in [2.05, 4.69) is 5.32 Å². The minimum Gasteiger partial charge on any atom is -0.497 e. The maximum Gasteiger partial charge on any atom is 0.119 e. The first-order valence-corrected chi connectivity index (χ1v) is 5.33. The topological polar surface area (TPSA) is 56.5 Å². The van der Waals surface area contributed by atoms with E-state index < -0.39 is 0 Å². The van der Waals surface area contributed by atoms with Gasteiger partial charge < -0.3 is 20.5 Å². The fraction of sp³-hybridized carbons (Fsp3) is 0.500. The summed E-state index contributed by atoms with van der Waals surface area (Å²) in [5.74, 6) is 0.825. The van der Waals surface area contributed by atoms with Crippen molar-refractivity contribution in [2.24, 2.45) is 0 Å². The van der Waals surface area contributed by atoms with E-state index in [1.807, 2.05) is 25.1 Å². The fourth-order valence-corrected chi connectivity index (χ4v) is 1.36. The van der Waals surface area contributed by atoms with Crippen LogP contribution in [0.25, 0.3) is 0 Å². The molecule has 0 bridgehead atoms. The predicted octanol–water partition coefficient (Wildman–Crippen LogP) is 1.40. The third-order valence-corrected chi connectivity index (χ3v) is 2.50. The molecular weight excluding hydrogens is 204 g/mol. The molecule has 0 saturated heterocycles. The van der Waals surface area contributed by atoms with Crippen molar-refractivity contribution in [1.82, 2.24) is 5.32 Å². The molecule has 90 valence electrons. The van der Waals surface area contributed by atoms with Crippen molar-refractivity contribution in [2.45, 2.75) is 19.6 Å². The summed E-state index contributed by atoms with van der Waals surface area (Å²) >= 11 is 0. The standard InChI is InChI=1S/C12H20N2O2/c1-9(15-2)7-14-8-10-6-11(16-3)4-5-12(10)13/h4-6,9,14H,7-8,13H2,1-3H3. The Hall–Kier alpha value is -1.26. The molecule has 0 aliphatic rings. The second-order valence-electron chi connectivity index (χ2n) is 3.74. The first-order chi connectivity index (χ1) is 7.67. The quantitative estimate of drug-likeness (QED) is 0.717. The van der Waals surface area contributed by atoms with Crippen LogP contribution in [0.5, 0.6) is 5.75 Å². The van der Waals surface area contributed by atoms with Gasteiger partial charge in [-0.3, -0.25) is 0 Å². The maximum absolute atomic E-state index is 5.87. The molecule has 0 fully saturated rings. The number of anilines is 1. The molecule has 0 radical (unpaired) electrons. The van der Waals surface area contributed by atoms with Gasteiger partial charge in [-0.15, -0.1) is 0 Å². The molecule has 16 heavy (non-hydrogen) atoms. The SMILES string of the molecule is COc1ccc(N)c(CNCC(C)OC)c1. The Morgan fingerprint density at radius 1 is 1.38 bits per heavy atom. The summed E-state index contributed by atoms with van der Waals surface area (Å²) in [6, 6.07) is 5.66. The summed E-state index contributed by atoms with van der Waals surface area (Å²) in [6.45, 7) is 3.53. The second kappa shape index (κ2) is 6.35. The van der Waals surface area contributed by atoms with E-state index in [1.54, 1.807) is 14.2 Å². The molecule has 0 aliphatic carbocycles. The van der Waals surface area contributed by atoms with Gasteiger partial charge in [0.05, 0.1) is 13.2 Å². The lowest BCUT2D eigenvalue weighted by Crippen LogP contribution is -2.25. The van der Waals surface area contributed by atoms with Gasteiger partial charge in [0.15, 0.2) is 0 Å². The van der Waals surface area contributed by atoms with Crippen molar-refractivity contribution >= 4 is 5.69 Å². The minimum absolute atomic E-state index is 0.201. The number of hydrogen-bond acceptors (Lipinski definition) is 4. The number of rotatable bonds is 6. The molecule has 1 atom stereocenters. The van der Waals surface area contributed by atoms with Gasteiger partial charge in [-0.05, 0) is 30.7 Å². The van der Waals surface area contributed by atoms with E-state index in [0.717, 1.165) is 30.1 Å². The van der Waals surface area contributed by atoms with Crippen LogP contribution in [0.4, 0.5) is 5.69 Å². The lowest BCUT2D eigenvalue weighted by atomic mass is 10.1. The van der Waals surface area contributed by atoms with Crippen molar-refractivity contribution in [3.63, 3.8) is 0 Å². The van der Waals surface area contributed by atoms with Crippen LogP contribution in [0.1, 0.15) is 12.5 Å². The third kappa shape index (κ3) is 3.72. The summed E-state index contributed by atoms with van der Waals surface area (Å²) in [4.78, 5) is 0. The van der Waals surface area contributed by atoms with Crippen LogP contribution in [0.15, 0.2) is 18.2 Å². The molecule has 0 aliphatic heterocycles. The van der Waals surface area contributed by atoms with Gasteiger partial charge >= 0.3 is 0 Å². The highest BCUT2D eigenvalue weighted by Gasteiger charge is 2.03. The van der Waals surface area contributed by atoms with Crippen LogP contribution in [0.3, 0.4) is 0 Å². The van der Waals surface area contributed by atoms with Crippen LogP contribution in [-0.4, -0.2) is 26.9 Å². The molecule has 1 aromatic rings. The Kier molecular flexibility index (Phi) is 5.08. The molecule has 0 heterocycles. The monoisotopic (exact) mass is 224 g/mol. The molecule has 1 unspecified atom stereocenters. The summed E-state index contributed by atoms with van der Waals surface area (Å²) in [5.41, 5.74) is 7.69. The molecular formula is C12H20N2O2. The van der Waals surface area contributed by atoms with Crippen LogP contribution in [0, 0.1) is 0 Å². The van der Waals surface area contributed by atoms with Crippen molar-refractivity contribution in [1.29, 1.82) is 0 Å². The van der Waals surface area contributed by atoms with E-state index in [9.17, 15) is 0 Å². The average molecular weight is 224 g/mol. The lowest BCUT2D eigenvalue weighted by molar-refractivity contribution is 0.117.